The molecule has 20 heavy (non-hydrogen) atoms. The van der Waals surface area contributed by atoms with E-state index < -0.39 is 5.82 Å². The number of phenolic OH excluding ortho intramolecular Hbond substituents is 1. The van der Waals surface area contributed by atoms with Crippen molar-refractivity contribution in [1.82, 2.24) is 0 Å². The third-order valence-electron chi connectivity index (χ3n) is 3.08. The van der Waals surface area contributed by atoms with Crippen LogP contribution < -0.4 is 10.1 Å². The van der Waals surface area contributed by atoms with E-state index in [1.54, 1.807) is 13.2 Å². The van der Waals surface area contributed by atoms with Gasteiger partial charge in [0.05, 0.1) is 7.11 Å². The van der Waals surface area contributed by atoms with Crippen molar-refractivity contribution in [3.8, 4) is 11.5 Å². The van der Waals surface area contributed by atoms with Crippen LogP contribution in [0, 0.1) is 5.82 Å². The summed E-state index contributed by atoms with van der Waals surface area (Å²) in [6.07, 6.45) is 0.756. The number of nitrogens with one attached hydrogen (secondary N) is 1. The summed E-state index contributed by atoms with van der Waals surface area (Å²) >= 11 is 0. The summed E-state index contributed by atoms with van der Waals surface area (Å²) in [5, 5.41) is 12.4. The largest absolute Gasteiger partial charge is 0.505 e. The third kappa shape index (κ3) is 3.41. The first kappa shape index (κ1) is 14.2. The van der Waals surface area contributed by atoms with E-state index in [1.807, 2.05) is 31.2 Å². The van der Waals surface area contributed by atoms with Crippen LogP contribution in [0.4, 0.5) is 10.1 Å². The Morgan fingerprint density at radius 2 is 2.00 bits per heavy atom. The minimum Gasteiger partial charge on any atom is -0.505 e. The van der Waals surface area contributed by atoms with Gasteiger partial charge in [-0.05, 0) is 37.1 Å². The molecule has 0 saturated heterocycles. The third-order valence-corrected chi connectivity index (χ3v) is 3.08. The molecule has 0 amide bonds. The lowest BCUT2D eigenvalue weighted by Gasteiger charge is -2.17. The number of ether oxygens (including phenoxy) is 1. The highest BCUT2D eigenvalue weighted by atomic mass is 19.1. The van der Waals surface area contributed by atoms with Crippen molar-refractivity contribution in [3.05, 3.63) is 53.8 Å². The zero-order chi connectivity index (χ0) is 14.5. The standard InChI is InChI=1S/C16H18FNO2/c1-11(9-12-5-3-4-6-16(12)20-2)18-13-7-8-15(19)14(17)10-13/h3-8,10-11,18-19H,9H2,1-2H3. The molecule has 2 rings (SSSR count). The van der Waals surface area contributed by atoms with Gasteiger partial charge in [0, 0.05) is 17.8 Å². The number of benzene rings is 2. The van der Waals surface area contributed by atoms with Crippen LogP contribution in [0.1, 0.15) is 12.5 Å². The molecule has 1 atom stereocenters. The van der Waals surface area contributed by atoms with Crippen molar-refractivity contribution in [3.63, 3.8) is 0 Å². The molecule has 0 bridgehead atoms. The number of phenols is 1. The lowest BCUT2D eigenvalue weighted by atomic mass is 10.1. The van der Waals surface area contributed by atoms with Crippen molar-refractivity contribution < 1.29 is 14.2 Å². The van der Waals surface area contributed by atoms with Crippen molar-refractivity contribution in [2.75, 3.05) is 12.4 Å². The minimum absolute atomic E-state index is 0.107. The van der Waals surface area contributed by atoms with E-state index in [4.69, 9.17) is 9.84 Å². The minimum atomic E-state index is -0.625. The molecule has 0 saturated carbocycles. The van der Waals surface area contributed by atoms with Gasteiger partial charge >= 0.3 is 0 Å². The highest BCUT2D eigenvalue weighted by Crippen LogP contribution is 2.22. The summed E-state index contributed by atoms with van der Waals surface area (Å²) in [5.74, 6) is -0.120. The fourth-order valence-corrected chi connectivity index (χ4v) is 2.13. The van der Waals surface area contributed by atoms with Gasteiger partial charge in [-0.3, -0.25) is 0 Å². The van der Waals surface area contributed by atoms with Crippen LogP contribution in [-0.2, 0) is 6.42 Å². The molecule has 2 aromatic rings. The lowest BCUT2D eigenvalue weighted by Crippen LogP contribution is -2.18. The highest BCUT2D eigenvalue weighted by molar-refractivity contribution is 5.48. The van der Waals surface area contributed by atoms with E-state index >= 15 is 0 Å². The van der Waals surface area contributed by atoms with Crippen LogP contribution in [0.25, 0.3) is 0 Å². The Labute approximate surface area is 118 Å². The fraction of sp³-hybridized carbons (Fsp3) is 0.250. The van der Waals surface area contributed by atoms with Gasteiger partial charge in [0.25, 0.3) is 0 Å². The topological polar surface area (TPSA) is 41.5 Å². The molecule has 2 N–H and O–H groups in total. The Morgan fingerprint density at radius 3 is 2.70 bits per heavy atom. The number of para-hydroxylation sites is 1. The number of hydrogen-bond acceptors (Lipinski definition) is 3. The maximum atomic E-state index is 13.3. The van der Waals surface area contributed by atoms with Crippen LogP contribution >= 0.6 is 0 Å². The van der Waals surface area contributed by atoms with Gasteiger partial charge in [0.15, 0.2) is 11.6 Å². The molecule has 0 aliphatic carbocycles. The number of halogens is 1. The van der Waals surface area contributed by atoms with E-state index in [-0.39, 0.29) is 11.8 Å². The summed E-state index contributed by atoms with van der Waals surface area (Å²) in [6.45, 7) is 2.01. The Kier molecular flexibility index (Phi) is 4.45. The Bertz CT molecular complexity index is 586. The summed E-state index contributed by atoms with van der Waals surface area (Å²) in [4.78, 5) is 0. The summed E-state index contributed by atoms with van der Waals surface area (Å²) in [6, 6.07) is 12.2. The summed E-state index contributed by atoms with van der Waals surface area (Å²) < 4.78 is 18.6. The molecular formula is C16H18FNO2. The second kappa shape index (κ2) is 6.28. The molecular weight excluding hydrogens is 257 g/mol. The first-order valence-corrected chi connectivity index (χ1v) is 6.47. The van der Waals surface area contributed by atoms with E-state index in [0.717, 1.165) is 17.7 Å². The average molecular weight is 275 g/mol. The number of rotatable bonds is 5. The van der Waals surface area contributed by atoms with Crippen LogP contribution in [0.5, 0.6) is 11.5 Å². The first-order valence-electron chi connectivity index (χ1n) is 6.47. The second-order valence-corrected chi connectivity index (χ2v) is 4.73. The monoisotopic (exact) mass is 275 g/mol. The SMILES string of the molecule is COc1ccccc1CC(C)Nc1ccc(O)c(F)c1. The van der Waals surface area contributed by atoms with Crippen molar-refractivity contribution in [2.24, 2.45) is 0 Å². The normalized spacial score (nSPS) is 11.9. The van der Waals surface area contributed by atoms with E-state index in [2.05, 4.69) is 5.32 Å². The molecule has 2 aromatic carbocycles. The van der Waals surface area contributed by atoms with Gasteiger partial charge in [0.2, 0.25) is 0 Å². The molecule has 1 unspecified atom stereocenters. The van der Waals surface area contributed by atoms with Gasteiger partial charge in [-0.2, -0.15) is 0 Å². The van der Waals surface area contributed by atoms with Gasteiger partial charge in [-0.15, -0.1) is 0 Å². The van der Waals surface area contributed by atoms with Gasteiger partial charge in [-0.1, -0.05) is 18.2 Å². The maximum Gasteiger partial charge on any atom is 0.166 e. The zero-order valence-corrected chi connectivity index (χ0v) is 11.6. The molecule has 0 aliphatic rings. The van der Waals surface area contributed by atoms with Crippen molar-refractivity contribution in [2.45, 2.75) is 19.4 Å². The number of hydrogen-bond donors (Lipinski definition) is 2. The molecule has 0 aromatic heterocycles. The average Bonchev–Trinajstić information content (AvgIpc) is 2.43. The predicted molar refractivity (Wildman–Crippen MR) is 77.8 cm³/mol. The van der Waals surface area contributed by atoms with E-state index in [0.29, 0.717) is 5.69 Å². The van der Waals surface area contributed by atoms with Crippen molar-refractivity contribution in [1.29, 1.82) is 0 Å². The van der Waals surface area contributed by atoms with Crippen molar-refractivity contribution >= 4 is 5.69 Å². The lowest BCUT2D eigenvalue weighted by molar-refractivity contribution is 0.409. The first-order chi connectivity index (χ1) is 9.60. The van der Waals surface area contributed by atoms with Gasteiger partial charge in [-0.25, -0.2) is 4.39 Å². The summed E-state index contributed by atoms with van der Waals surface area (Å²) in [5.41, 5.74) is 1.73. The number of methoxy groups -OCH3 is 1. The maximum absolute atomic E-state index is 13.3. The molecule has 0 radical (unpaired) electrons. The number of anilines is 1. The summed E-state index contributed by atoms with van der Waals surface area (Å²) in [7, 11) is 1.65. The van der Waals surface area contributed by atoms with Crippen LogP contribution in [0.2, 0.25) is 0 Å². The molecule has 0 fully saturated rings. The smallest absolute Gasteiger partial charge is 0.166 e. The fourth-order valence-electron chi connectivity index (χ4n) is 2.13. The molecule has 0 aliphatic heterocycles. The molecule has 3 nitrogen and oxygen atoms in total. The molecule has 4 heteroatoms. The molecule has 0 spiro atoms. The number of aromatic hydroxyl groups is 1. The van der Waals surface area contributed by atoms with Crippen LogP contribution in [0.15, 0.2) is 42.5 Å². The highest BCUT2D eigenvalue weighted by Gasteiger charge is 2.09. The van der Waals surface area contributed by atoms with Crippen LogP contribution in [-0.4, -0.2) is 18.3 Å². The van der Waals surface area contributed by atoms with Gasteiger partial charge in [0.1, 0.15) is 5.75 Å². The molecule has 106 valence electrons. The Hall–Kier alpha value is -2.23. The Morgan fingerprint density at radius 1 is 1.25 bits per heavy atom. The predicted octanol–water partition coefficient (Wildman–Crippen LogP) is 3.58. The van der Waals surface area contributed by atoms with Gasteiger partial charge < -0.3 is 15.2 Å². The van der Waals surface area contributed by atoms with Crippen LogP contribution in [0.3, 0.4) is 0 Å². The van der Waals surface area contributed by atoms with E-state index in [9.17, 15) is 4.39 Å². The zero-order valence-electron chi connectivity index (χ0n) is 11.6. The Balaban J connectivity index is 2.05. The second-order valence-electron chi connectivity index (χ2n) is 4.73. The molecule has 0 heterocycles. The quantitative estimate of drug-likeness (QED) is 0.819. The van der Waals surface area contributed by atoms with E-state index in [1.165, 1.54) is 12.1 Å².